The quantitative estimate of drug-likeness (QED) is 0.877. The Balaban J connectivity index is 2.30. The standard InChI is InChI=1S/C10H10N2O4S/c1-17(14,15)6-9-11-10(12-16-9)7-3-2-4-8(13)5-7/h2-5,13H,6H2,1H3. The number of benzene rings is 1. The molecule has 0 aliphatic rings. The Hall–Kier alpha value is -1.89. The number of aromatic hydroxyl groups is 1. The highest BCUT2D eigenvalue weighted by atomic mass is 32.2. The molecule has 90 valence electrons. The van der Waals surface area contributed by atoms with Crippen molar-refractivity contribution in [2.75, 3.05) is 6.26 Å². The van der Waals surface area contributed by atoms with Gasteiger partial charge in [0, 0.05) is 11.8 Å². The molecule has 0 saturated heterocycles. The van der Waals surface area contributed by atoms with E-state index in [1.165, 1.54) is 12.1 Å². The summed E-state index contributed by atoms with van der Waals surface area (Å²) in [6, 6.07) is 6.31. The van der Waals surface area contributed by atoms with Gasteiger partial charge < -0.3 is 9.63 Å². The molecule has 17 heavy (non-hydrogen) atoms. The molecule has 0 aliphatic heterocycles. The van der Waals surface area contributed by atoms with Crippen LogP contribution in [0.3, 0.4) is 0 Å². The molecule has 0 aliphatic carbocycles. The molecule has 2 rings (SSSR count). The van der Waals surface area contributed by atoms with Crippen molar-refractivity contribution in [1.82, 2.24) is 10.1 Å². The number of rotatable bonds is 3. The maximum Gasteiger partial charge on any atom is 0.242 e. The second-order valence-corrected chi connectivity index (χ2v) is 5.77. The van der Waals surface area contributed by atoms with Gasteiger partial charge in [0.1, 0.15) is 11.5 Å². The highest BCUT2D eigenvalue weighted by Crippen LogP contribution is 2.20. The van der Waals surface area contributed by atoms with E-state index in [0.29, 0.717) is 5.56 Å². The van der Waals surface area contributed by atoms with Gasteiger partial charge in [0.25, 0.3) is 0 Å². The number of hydrogen-bond donors (Lipinski definition) is 1. The third-order valence-corrected chi connectivity index (χ3v) is 2.73. The first-order valence-corrected chi connectivity index (χ1v) is 6.80. The first-order chi connectivity index (χ1) is 7.94. The summed E-state index contributed by atoms with van der Waals surface area (Å²) in [7, 11) is -3.20. The second-order valence-electron chi connectivity index (χ2n) is 3.63. The molecule has 0 fully saturated rings. The van der Waals surface area contributed by atoms with Crippen molar-refractivity contribution < 1.29 is 18.0 Å². The zero-order valence-corrected chi connectivity index (χ0v) is 9.81. The van der Waals surface area contributed by atoms with E-state index in [2.05, 4.69) is 10.1 Å². The summed E-state index contributed by atoms with van der Waals surface area (Å²) in [5.41, 5.74) is 0.563. The molecule has 7 heteroatoms. The second kappa shape index (κ2) is 4.17. The van der Waals surface area contributed by atoms with Gasteiger partial charge in [-0.15, -0.1) is 0 Å². The van der Waals surface area contributed by atoms with Crippen LogP contribution < -0.4 is 0 Å². The summed E-state index contributed by atoms with van der Waals surface area (Å²) >= 11 is 0. The minimum Gasteiger partial charge on any atom is -0.508 e. The van der Waals surface area contributed by atoms with Crippen LogP contribution in [0.15, 0.2) is 28.8 Å². The fourth-order valence-corrected chi connectivity index (χ4v) is 1.87. The van der Waals surface area contributed by atoms with Crippen molar-refractivity contribution in [3.05, 3.63) is 30.2 Å². The lowest BCUT2D eigenvalue weighted by atomic mass is 10.2. The van der Waals surface area contributed by atoms with Gasteiger partial charge in [-0.3, -0.25) is 0 Å². The molecular weight excluding hydrogens is 244 g/mol. The predicted molar refractivity (Wildman–Crippen MR) is 59.9 cm³/mol. The summed E-state index contributed by atoms with van der Waals surface area (Å²) in [6.45, 7) is 0. The van der Waals surface area contributed by atoms with Crippen molar-refractivity contribution in [2.45, 2.75) is 5.75 Å². The topological polar surface area (TPSA) is 93.3 Å². The van der Waals surface area contributed by atoms with Crippen LogP contribution in [0.4, 0.5) is 0 Å². The van der Waals surface area contributed by atoms with E-state index in [1.807, 2.05) is 0 Å². The van der Waals surface area contributed by atoms with Gasteiger partial charge in [0.2, 0.25) is 11.7 Å². The van der Waals surface area contributed by atoms with E-state index in [9.17, 15) is 13.5 Å². The summed E-state index contributed by atoms with van der Waals surface area (Å²) in [5.74, 6) is 0.0705. The number of nitrogens with zero attached hydrogens (tertiary/aromatic N) is 2. The maximum absolute atomic E-state index is 11.0. The number of aromatic nitrogens is 2. The van der Waals surface area contributed by atoms with Crippen LogP contribution in [0.5, 0.6) is 5.75 Å². The Morgan fingerprint density at radius 1 is 1.41 bits per heavy atom. The zero-order chi connectivity index (χ0) is 12.5. The van der Waals surface area contributed by atoms with Crippen molar-refractivity contribution in [3.63, 3.8) is 0 Å². The van der Waals surface area contributed by atoms with Gasteiger partial charge in [-0.05, 0) is 12.1 Å². The summed E-state index contributed by atoms with van der Waals surface area (Å²) in [6.07, 6.45) is 1.09. The minimum absolute atomic E-state index is 0.0332. The lowest BCUT2D eigenvalue weighted by molar-refractivity contribution is 0.389. The zero-order valence-electron chi connectivity index (χ0n) is 8.99. The fraction of sp³-hybridized carbons (Fsp3) is 0.200. The third-order valence-electron chi connectivity index (χ3n) is 1.96. The molecule has 1 aromatic carbocycles. The van der Waals surface area contributed by atoms with E-state index in [1.54, 1.807) is 12.1 Å². The molecule has 0 amide bonds. The molecule has 0 bridgehead atoms. The van der Waals surface area contributed by atoms with Crippen LogP contribution in [-0.4, -0.2) is 29.9 Å². The fourth-order valence-electron chi connectivity index (χ4n) is 1.30. The maximum atomic E-state index is 11.0. The normalized spacial score (nSPS) is 11.6. The minimum atomic E-state index is -3.20. The number of hydrogen-bond acceptors (Lipinski definition) is 6. The molecule has 1 heterocycles. The average Bonchev–Trinajstić information content (AvgIpc) is 2.63. The Morgan fingerprint density at radius 2 is 2.18 bits per heavy atom. The molecule has 0 radical (unpaired) electrons. The first kappa shape index (κ1) is 11.6. The Kier molecular flexibility index (Phi) is 2.84. The monoisotopic (exact) mass is 254 g/mol. The smallest absolute Gasteiger partial charge is 0.242 e. The van der Waals surface area contributed by atoms with Crippen LogP contribution in [0.25, 0.3) is 11.4 Å². The number of phenolic OH excluding ortho intramolecular Hbond substituents is 1. The number of sulfone groups is 1. The molecule has 0 atom stereocenters. The van der Waals surface area contributed by atoms with Gasteiger partial charge in [-0.2, -0.15) is 4.98 Å². The van der Waals surface area contributed by atoms with Gasteiger partial charge in [-0.1, -0.05) is 17.3 Å². The molecule has 0 unspecified atom stereocenters. The van der Waals surface area contributed by atoms with Crippen LogP contribution in [0, 0.1) is 0 Å². The van der Waals surface area contributed by atoms with Crippen molar-refractivity contribution in [2.24, 2.45) is 0 Å². The largest absolute Gasteiger partial charge is 0.508 e. The van der Waals surface area contributed by atoms with Crippen molar-refractivity contribution in [1.29, 1.82) is 0 Å². The third kappa shape index (κ3) is 3.04. The molecule has 2 aromatic rings. The highest BCUT2D eigenvalue weighted by molar-refractivity contribution is 7.89. The molecule has 1 aromatic heterocycles. The van der Waals surface area contributed by atoms with E-state index < -0.39 is 9.84 Å². The van der Waals surface area contributed by atoms with Gasteiger partial charge in [0.05, 0.1) is 0 Å². The van der Waals surface area contributed by atoms with Crippen LogP contribution in [-0.2, 0) is 15.6 Å². The molecule has 6 nitrogen and oxygen atoms in total. The van der Waals surface area contributed by atoms with E-state index in [0.717, 1.165) is 6.26 Å². The highest BCUT2D eigenvalue weighted by Gasteiger charge is 2.13. The van der Waals surface area contributed by atoms with E-state index in [4.69, 9.17) is 4.52 Å². The molecule has 0 spiro atoms. The summed E-state index contributed by atoms with van der Waals surface area (Å²) < 4.78 is 26.9. The van der Waals surface area contributed by atoms with Crippen LogP contribution in [0.2, 0.25) is 0 Å². The lowest BCUT2D eigenvalue weighted by Gasteiger charge is -1.94. The first-order valence-electron chi connectivity index (χ1n) is 4.74. The lowest BCUT2D eigenvalue weighted by Crippen LogP contribution is -2.00. The van der Waals surface area contributed by atoms with Gasteiger partial charge in [-0.25, -0.2) is 8.42 Å². The Morgan fingerprint density at radius 3 is 2.82 bits per heavy atom. The molecular formula is C10H10N2O4S. The molecule has 1 N–H and O–H groups in total. The average molecular weight is 254 g/mol. The molecule has 0 saturated carbocycles. The summed E-state index contributed by atoms with van der Waals surface area (Å²) in [5, 5.41) is 12.9. The summed E-state index contributed by atoms with van der Waals surface area (Å²) in [4.78, 5) is 3.94. The van der Waals surface area contributed by atoms with Gasteiger partial charge in [0.15, 0.2) is 9.84 Å². The van der Waals surface area contributed by atoms with Crippen LogP contribution in [0.1, 0.15) is 5.89 Å². The van der Waals surface area contributed by atoms with Gasteiger partial charge >= 0.3 is 0 Å². The Bertz CT molecular complexity index is 633. The van der Waals surface area contributed by atoms with E-state index >= 15 is 0 Å². The SMILES string of the molecule is CS(=O)(=O)Cc1nc(-c2cccc(O)c2)no1. The van der Waals surface area contributed by atoms with E-state index in [-0.39, 0.29) is 23.2 Å². The number of phenols is 1. The van der Waals surface area contributed by atoms with Crippen molar-refractivity contribution in [3.8, 4) is 17.1 Å². The Labute approximate surface area is 97.8 Å². The predicted octanol–water partition coefficient (Wildman–Crippen LogP) is 0.987. The van der Waals surface area contributed by atoms with Crippen LogP contribution >= 0.6 is 0 Å². The van der Waals surface area contributed by atoms with Crippen molar-refractivity contribution >= 4 is 9.84 Å².